The second-order valence-corrected chi connectivity index (χ2v) is 22.5. The quantitative estimate of drug-likeness (QED) is 0.115. The van der Waals surface area contributed by atoms with Crippen molar-refractivity contribution in [3.63, 3.8) is 0 Å². The Morgan fingerprint density at radius 3 is 0.953 bits per heavy atom. The van der Waals surface area contributed by atoms with Gasteiger partial charge in [0.25, 0.3) is 0 Å². The summed E-state index contributed by atoms with van der Waals surface area (Å²) in [5, 5.41) is 1.92. The molecular formula is C28H46Cl4O6P2PdS2+2. The third-order valence-electron chi connectivity index (χ3n) is 5.92. The maximum Gasteiger partial charge on any atom is 2.00 e. The fraction of sp³-hybridized carbons (Fsp3) is 0.571. The van der Waals surface area contributed by atoms with E-state index in [0.717, 1.165) is 21.7 Å². The number of alkyl halides is 4. The van der Waals surface area contributed by atoms with Gasteiger partial charge in [-0.1, -0.05) is 12.1 Å². The first-order valence-corrected chi connectivity index (χ1v) is 21.5. The molecule has 0 fully saturated rings. The topological polar surface area (TPSA) is 114 Å². The van der Waals surface area contributed by atoms with Gasteiger partial charge in [0.15, 0.2) is 0 Å². The molecule has 0 aliphatic carbocycles. The molecule has 15 heteroatoms. The Hall–Kier alpha value is 0.942. The molecule has 0 atom stereocenters. The Kier molecular flexibility index (Phi) is 26.2. The van der Waals surface area contributed by atoms with Gasteiger partial charge < -0.3 is 9.11 Å². The van der Waals surface area contributed by atoms with Crippen LogP contribution >= 0.6 is 62.2 Å². The average Bonchev–Trinajstić information content (AvgIpc) is 2.78. The van der Waals surface area contributed by atoms with Crippen LogP contribution in [0.5, 0.6) is 0 Å². The molecule has 0 N–H and O–H groups in total. The molecule has 0 radical (unpaired) electrons. The van der Waals surface area contributed by atoms with E-state index < -0.39 is 36.1 Å². The van der Waals surface area contributed by atoms with Crippen LogP contribution in [-0.2, 0) is 40.7 Å². The van der Waals surface area contributed by atoms with Gasteiger partial charge in [0, 0.05) is 15.8 Å². The molecule has 43 heavy (non-hydrogen) atoms. The van der Waals surface area contributed by atoms with Crippen LogP contribution in [0.4, 0.5) is 0 Å². The van der Waals surface area contributed by atoms with E-state index in [-0.39, 0.29) is 40.9 Å². The molecule has 0 saturated heterocycles. The smallest absolute Gasteiger partial charge is 0.744 e. The number of benzene rings is 2. The van der Waals surface area contributed by atoms with Crippen LogP contribution in [0.1, 0.15) is 66.5 Å². The second-order valence-electron chi connectivity index (χ2n) is 10.6. The van der Waals surface area contributed by atoms with E-state index in [0.29, 0.717) is 22.6 Å². The zero-order valence-corrected chi connectivity index (χ0v) is 34.5. The first kappa shape index (κ1) is 48.3. The van der Waals surface area contributed by atoms with Gasteiger partial charge in [-0.3, -0.25) is 0 Å². The van der Waals surface area contributed by atoms with E-state index >= 15 is 0 Å². The van der Waals surface area contributed by atoms with Crippen molar-refractivity contribution in [3.8, 4) is 0 Å². The molecule has 0 saturated carbocycles. The van der Waals surface area contributed by atoms with Crippen molar-refractivity contribution in [2.45, 2.75) is 102 Å². The number of aryl methyl sites for hydroxylation is 2. The molecule has 0 amide bonds. The van der Waals surface area contributed by atoms with Crippen LogP contribution in [0.3, 0.4) is 0 Å². The third kappa shape index (κ3) is 18.2. The van der Waals surface area contributed by atoms with Crippen molar-refractivity contribution >= 4 is 93.1 Å². The SMILES string of the molecule is Cc1ccc(S(=O)(=O)[O-])c([PH+](C(C)C)C(C)C)c1.Cc1ccc(S(=O)(=O)[O-])c([PH+](C(C)C)C(C)C)c1.ClCCl.ClCCl.[Pd+2]. The molecule has 2 aromatic rings. The summed E-state index contributed by atoms with van der Waals surface area (Å²) in [6.07, 6.45) is 0. The van der Waals surface area contributed by atoms with Crippen LogP contribution in [0.25, 0.3) is 0 Å². The summed E-state index contributed by atoms with van der Waals surface area (Å²) in [6, 6.07) is 10.0. The number of hydrogen-bond donors (Lipinski definition) is 0. The van der Waals surface area contributed by atoms with E-state index in [1.165, 1.54) is 12.1 Å². The molecular weight excluding hydrogens is 807 g/mol. The van der Waals surface area contributed by atoms with Crippen molar-refractivity contribution in [2.24, 2.45) is 0 Å². The minimum Gasteiger partial charge on any atom is -0.744 e. The van der Waals surface area contributed by atoms with Crippen LogP contribution in [0, 0.1) is 13.8 Å². The first-order chi connectivity index (χ1) is 19.1. The maximum absolute atomic E-state index is 11.4. The van der Waals surface area contributed by atoms with E-state index in [1.54, 1.807) is 12.1 Å². The average molecular weight is 853 g/mol. The third-order valence-corrected chi connectivity index (χ3v) is 15.1. The zero-order valence-electron chi connectivity index (χ0n) is 26.3. The Morgan fingerprint density at radius 2 is 0.791 bits per heavy atom. The molecule has 252 valence electrons. The summed E-state index contributed by atoms with van der Waals surface area (Å²) < 4.78 is 68.3. The van der Waals surface area contributed by atoms with Crippen molar-refractivity contribution in [1.29, 1.82) is 0 Å². The normalized spacial score (nSPS) is 11.5. The second kappa shape index (κ2) is 23.3. The van der Waals surface area contributed by atoms with Crippen LogP contribution in [0.2, 0.25) is 0 Å². The zero-order chi connectivity index (χ0) is 33.6. The Morgan fingerprint density at radius 1 is 0.581 bits per heavy atom. The monoisotopic (exact) mass is 850 g/mol. The molecule has 2 aromatic carbocycles. The standard InChI is InChI=1S/2C13H21O3PS.2CH2Cl2.Pd/c2*1-9(2)17(10(3)4)12-8-11(5)6-7-13(12)18(14,15)16;2*2-1-3;/h2*6-10H,1-5H3,(H,14,15,16);2*1H2;/q;;;;+2. The Labute approximate surface area is 297 Å². The van der Waals surface area contributed by atoms with Gasteiger partial charge in [-0.05, 0) is 105 Å². The molecule has 0 aromatic heterocycles. The number of hydrogen-bond acceptors (Lipinski definition) is 6. The fourth-order valence-corrected chi connectivity index (χ4v) is 14.0. The van der Waals surface area contributed by atoms with Gasteiger partial charge >= 0.3 is 20.4 Å². The molecule has 6 nitrogen and oxygen atoms in total. The van der Waals surface area contributed by atoms with Crippen molar-refractivity contribution < 1.29 is 46.4 Å². The molecule has 2 rings (SSSR count). The minimum atomic E-state index is -4.39. The van der Waals surface area contributed by atoms with Gasteiger partial charge in [0.1, 0.15) is 30.8 Å². The summed E-state index contributed by atoms with van der Waals surface area (Å²) in [7, 11) is -10.9. The summed E-state index contributed by atoms with van der Waals surface area (Å²) in [6.45, 7) is 20.6. The molecule has 0 aliphatic heterocycles. The molecule has 0 aliphatic rings. The predicted molar refractivity (Wildman–Crippen MR) is 188 cm³/mol. The van der Waals surface area contributed by atoms with E-state index in [1.807, 2.05) is 26.0 Å². The minimum absolute atomic E-state index is 0. The van der Waals surface area contributed by atoms with Gasteiger partial charge in [0.05, 0.1) is 43.1 Å². The molecule has 0 unspecified atom stereocenters. The van der Waals surface area contributed by atoms with E-state index in [4.69, 9.17) is 46.4 Å². The summed E-state index contributed by atoms with van der Waals surface area (Å²) in [4.78, 5) is -0.0474. The predicted octanol–water partition coefficient (Wildman–Crippen LogP) is 7.95. The van der Waals surface area contributed by atoms with Gasteiger partial charge in [-0.2, -0.15) is 0 Å². The molecule has 0 bridgehead atoms. The Balaban J connectivity index is -0.000000616. The van der Waals surface area contributed by atoms with Crippen LogP contribution < -0.4 is 10.6 Å². The molecule has 0 heterocycles. The fourth-order valence-electron chi connectivity index (χ4n) is 4.75. The maximum atomic E-state index is 11.4. The number of rotatable bonds is 8. The van der Waals surface area contributed by atoms with Crippen molar-refractivity contribution in [2.75, 3.05) is 10.7 Å². The Bertz CT molecular complexity index is 1180. The van der Waals surface area contributed by atoms with Gasteiger partial charge in [-0.15, -0.1) is 46.4 Å². The van der Waals surface area contributed by atoms with Gasteiger partial charge in [0.2, 0.25) is 0 Å². The summed E-state index contributed by atoms with van der Waals surface area (Å²) in [5.41, 5.74) is 3.55. The van der Waals surface area contributed by atoms with Gasteiger partial charge in [-0.25, -0.2) is 16.8 Å². The molecule has 0 spiro atoms. The van der Waals surface area contributed by atoms with E-state index in [2.05, 4.69) is 55.4 Å². The number of halogens is 4. The largest absolute Gasteiger partial charge is 2.00 e. The summed E-state index contributed by atoms with van der Waals surface area (Å²) >= 11 is 19.1. The van der Waals surface area contributed by atoms with Crippen molar-refractivity contribution in [3.05, 3.63) is 47.5 Å². The summed E-state index contributed by atoms with van der Waals surface area (Å²) in [5.74, 6) is 0. The van der Waals surface area contributed by atoms with Crippen LogP contribution in [-0.4, -0.2) is 59.3 Å². The first-order valence-electron chi connectivity index (χ1n) is 13.2. The van der Waals surface area contributed by atoms with Crippen LogP contribution in [0.15, 0.2) is 46.2 Å². The van der Waals surface area contributed by atoms with Crippen molar-refractivity contribution in [1.82, 2.24) is 0 Å². The van der Waals surface area contributed by atoms with E-state index in [9.17, 15) is 25.9 Å².